The second-order valence-corrected chi connectivity index (χ2v) is 7.79. The first-order valence-electron chi connectivity index (χ1n) is 8.80. The lowest BCUT2D eigenvalue weighted by Gasteiger charge is -2.36. The first-order valence-corrected chi connectivity index (χ1v) is 9.18. The van der Waals surface area contributed by atoms with Crippen LogP contribution in [0.15, 0.2) is 60.2 Å². The Bertz CT molecular complexity index is 738. The third kappa shape index (κ3) is 3.82. The average Bonchev–Trinajstić information content (AvgIpc) is 2.83. The van der Waals surface area contributed by atoms with E-state index in [9.17, 15) is 5.11 Å². The van der Waals surface area contributed by atoms with Crippen LogP contribution in [0.2, 0.25) is 5.02 Å². The quantitative estimate of drug-likeness (QED) is 0.861. The van der Waals surface area contributed by atoms with E-state index in [1.807, 2.05) is 42.5 Å². The maximum atomic E-state index is 11.8. The van der Waals surface area contributed by atoms with Crippen LogP contribution >= 0.6 is 11.6 Å². The van der Waals surface area contributed by atoms with Gasteiger partial charge in [-0.25, -0.2) is 0 Å². The Balaban J connectivity index is 2.02. The van der Waals surface area contributed by atoms with Crippen molar-refractivity contribution in [2.45, 2.75) is 31.4 Å². The largest absolute Gasteiger partial charge is 0.383 e. The molecule has 1 aliphatic carbocycles. The lowest BCUT2D eigenvalue weighted by atomic mass is 9.83. The fourth-order valence-electron chi connectivity index (χ4n) is 4.04. The molecule has 2 nitrogen and oxygen atoms in total. The second kappa shape index (κ2) is 7.33. The van der Waals surface area contributed by atoms with Crippen LogP contribution < -0.4 is 0 Å². The van der Waals surface area contributed by atoms with Crippen LogP contribution in [0.4, 0.5) is 0 Å². The molecule has 3 atom stereocenters. The number of hydrogen-bond donors (Lipinski definition) is 1. The number of aliphatic hydroxyl groups is 1. The highest BCUT2D eigenvalue weighted by molar-refractivity contribution is 6.30. The predicted octanol–water partition coefficient (Wildman–Crippen LogP) is 4.67. The number of halogens is 1. The summed E-state index contributed by atoms with van der Waals surface area (Å²) in [5, 5.41) is 12.5. The van der Waals surface area contributed by atoms with Gasteiger partial charge in [-0.1, -0.05) is 67.1 Å². The smallest absolute Gasteiger partial charge is 0.106 e. The van der Waals surface area contributed by atoms with Crippen molar-refractivity contribution in [2.75, 3.05) is 14.1 Å². The van der Waals surface area contributed by atoms with Crippen molar-refractivity contribution in [3.05, 3.63) is 76.3 Å². The maximum Gasteiger partial charge on any atom is 0.106 e. The highest BCUT2D eigenvalue weighted by atomic mass is 35.5. The first kappa shape index (κ1) is 18.2. The normalized spacial score (nSPS) is 28.0. The van der Waals surface area contributed by atoms with Crippen LogP contribution in [-0.4, -0.2) is 35.7 Å². The summed E-state index contributed by atoms with van der Waals surface area (Å²) in [7, 11) is 4.10. The predicted molar refractivity (Wildman–Crippen MR) is 106 cm³/mol. The van der Waals surface area contributed by atoms with Gasteiger partial charge in [0.05, 0.1) is 0 Å². The van der Waals surface area contributed by atoms with Crippen molar-refractivity contribution < 1.29 is 5.11 Å². The van der Waals surface area contributed by atoms with Crippen molar-refractivity contribution in [3.8, 4) is 0 Å². The van der Waals surface area contributed by atoms with Crippen molar-refractivity contribution in [2.24, 2.45) is 5.92 Å². The van der Waals surface area contributed by atoms with Gasteiger partial charge in [0.2, 0.25) is 0 Å². The van der Waals surface area contributed by atoms with E-state index in [4.69, 9.17) is 11.6 Å². The highest BCUT2D eigenvalue weighted by Crippen LogP contribution is 2.44. The van der Waals surface area contributed by atoms with Gasteiger partial charge in [-0.2, -0.15) is 0 Å². The monoisotopic (exact) mass is 355 g/mol. The number of likely N-dealkylation sites (N-methyl/N-ethyl adjacent to an activating group) is 1. The zero-order chi connectivity index (χ0) is 18.0. The van der Waals surface area contributed by atoms with Gasteiger partial charge >= 0.3 is 0 Å². The summed E-state index contributed by atoms with van der Waals surface area (Å²) in [6, 6.07) is 18.2. The summed E-state index contributed by atoms with van der Waals surface area (Å²) in [6.45, 7) is 2.21. The molecule has 0 amide bonds. The van der Waals surface area contributed by atoms with Gasteiger partial charge in [0.1, 0.15) is 5.60 Å². The molecule has 2 aromatic rings. The summed E-state index contributed by atoms with van der Waals surface area (Å²) < 4.78 is 0. The van der Waals surface area contributed by atoms with E-state index >= 15 is 0 Å². The Morgan fingerprint density at radius 1 is 1.12 bits per heavy atom. The standard InChI is InChI=1S/C22H26ClNO/c1-16-13-21(24(2)3)22(25,15-18-9-11-19(23)12-10-18)20(16)14-17-7-5-4-6-8-17/h4-12,14,16,21,25H,13,15H2,1-3H3. The molecule has 25 heavy (non-hydrogen) atoms. The summed E-state index contributed by atoms with van der Waals surface area (Å²) in [6.07, 6.45) is 3.72. The van der Waals surface area contributed by atoms with Gasteiger partial charge in [0.25, 0.3) is 0 Å². The topological polar surface area (TPSA) is 23.5 Å². The molecular weight excluding hydrogens is 330 g/mol. The molecule has 1 aliphatic rings. The SMILES string of the molecule is CC1CC(N(C)C)C(O)(Cc2ccc(Cl)cc2)C1=Cc1ccccc1. The van der Waals surface area contributed by atoms with E-state index in [0.717, 1.165) is 28.1 Å². The Kier molecular flexibility index (Phi) is 5.33. The van der Waals surface area contributed by atoms with Crippen molar-refractivity contribution in [3.63, 3.8) is 0 Å². The fraction of sp³-hybridized carbons (Fsp3) is 0.364. The second-order valence-electron chi connectivity index (χ2n) is 7.35. The van der Waals surface area contributed by atoms with Crippen molar-refractivity contribution in [1.82, 2.24) is 4.90 Å². The minimum atomic E-state index is -0.882. The fourth-order valence-corrected chi connectivity index (χ4v) is 4.17. The summed E-state index contributed by atoms with van der Waals surface area (Å²) in [5.41, 5.74) is 2.48. The van der Waals surface area contributed by atoms with Crippen LogP contribution in [0.5, 0.6) is 0 Å². The average molecular weight is 356 g/mol. The number of rotatable bonds is 4. The van der Waals surface area contributed by atoms with E-state index in [1.165, 1.54) is 0 Å². The zero-order valence-corrected chi connectivity index (χ0v) is 15.9. The molecule has 1 fully saturated rings. The highest BCUT2D eigenvalue weighted by Gasteiger charge is 2.49. The van der Waals surface area contributed by atoms with Gasteiger partial charge in [-0.05, 0) is 55.3 Å². The molecule has 3 heteroatoms. The Morgan fingerprint density at radius 3 is 2.36 bits per heavy atom. The third-order valence-electron chi connectivity index (χ3n) is 5.29. The number of benzene rings is 2. The number of nitrogens with zero attached hydrogens (tertiary/aromatic N) is 1. The van der Waals surface area contributed by atoms with Crippen LogP contribution in [0, 0.1) is 5.92 Å². The minimum absolute atomic E-state index is 0.0909. The first-order chi connectivity index (χ1) is 11.9. The molecule has 0 heterocycles. The van der Waals surface area contributed by atoms with Crippen LogP contribution in [-0.2, 0) is 6.42 Å². The Morgan fingerprint density at radius 2 is 1.76 bits per heavy atom. The van der Waals surface area contributed by atoms with Crippen LogP contribution in [0.3, 0.4) is 0 Å². The maximum absolute atomic E-state index is 11.8. The lowest BCUT2D eigenvalue weighted by molar-refractivity contribution is 0.0169. The molecule has 0 aromatic heterocycles. The lowest BCUT2D eigenvalue weighted by Crippen LogP contribution is -2.48. The zero-order valence-electron chi connectivity index (χ0n) is 15.1. The van der Waals surface area contributed by atoms with Gasteiger partial charge in [-0.15, -0.1) is 0 Å². The van der Waals surface area contributed by atoms with E-state index in [-0.39, 0.29) is 6.04 Å². The Labute approximate surface area is 155 Å². The van der Waals surface area contributed by atoms with E-state index < -0.39 is 5.60 Å². The summed E-state index contributed by atoms with van der Waals surface area (Å²) >= 11 is 6.02. The molecule has 0 bridgehead atoms. The molecule has 132 valence electrons. The molecule has 2 aromatic carbocycles. The molecule has 0 radical (unpaired) electrons. The molecule has 3 unspecified atom stereocenters. The van der Waals surface area contributed by atoms with Gasteiger partial charge < -0.3 is 10.0 Å². The summed E-state index contributed by atoms with van der Waals surface area (Å²) in [5.74, 6) is 0.338. The summed E-state index contributed by atoms with van der Waals surface area (Å²) in [4.78, 5) is 2.15. The molecule has 0 aliphatic heterocycles. The number of hydrogen-bond acceptors (Lipinski definition) is 2. The Hall–Kier alpha value is -1.61. The third-order valence-corrected chi connectivity index (χ3v) is 5.54. The van der Waals surface area contributed by atoms with Crippen molar-refractivity contribution in [1.29, 1.82) is 0 Å². The van der Waals surface area contributed by atoms with E-state index in [2.05, 4.69) is 44.1 Å². The van der Waals surface area contributed by atoms with Crippen molar-refractivity contribution >= 4 is 17.7 Å². The van der Waals surface area contributed by atoms with Gasteiger partial charge in [0.15, 0.2) is 0 Å². The minimum Gasteiger partial charge on any atom is -0.383 e. The van der Waals surface area contributed by atoms with E-state index in [1.54, 1.807) is 0 Å². The molecule has 0 spiro atoms. The van der Waals surface area contributed by atoms with Crippen LogP contribution in [0.25, 0.3) is 6.08 Å². The van der Waals surface area contributed by atoms with Gasteiger partial charge in [-0.3, -0.25) is 0 Å². The van der Waals surface area contributed by atoms with E-state index in [0.29, 0.717) is 12.3 Å². The molecule has 1 saturated carbocycles. The molecule has 0 saturated heterocycles. The molecular formula is C22H26ClNO. The molecule has 1 N–H and O–H groups in total. The van der Waals surface area contributed by atoms with Gasteiger partial charge in [0, 0.05) is 17.5 Å². The van der Waals surface area contributed by atoms with Crippen LogP contribution in [0.1, 0.15) is 24.5 Å². The molecule has 3 rings (SSSR count).